The van der Waals surface area contributed by atoms with E-state index in [9.17, 15) is 4.79 Å². The minimum Gasteiger partial charge on any atom is -0.493 e. The SMILES string of the molecule is CC(C)C(=O)Nc1cccc(OCC2CCN(CCCN)CC2)c1. The topological polar surface area (TPSA) is 67.6 Å². The molecule has 0 unspecified atom stereocenters. The Morgan fingerprint density at radius 2 is 2.12 bits per heavy atom. The van der Waals surface area contributed by atoms with Crippen molar-refractivity contribution >= 4 is 11.6 Å². The maximum Gasteiger partial charge on any atom is 0.226 e. The van der Waals surface area contributed by atoms with E-state index in [0.717, 1.165) is 50.6 Å². The molecule has 1 aliphatic rings. The highest BCUT2D eigenvalue weighted by molar-refractivity contribution is 5.92. The summed E-state index contributed by atoms with van der Waals surface area (Å²) in [6, 6.07) is 7.65. The number of anilines is 1. The fraction of sp³-hybridized carbons (Fsp3) is 0.632. The van der Waals surface area contributed by atoms with Gasteiger partial charge in [-0.2, -0.15) is 0 Å². The first-order valence-corrected chi connectivity index (χ1v) is 9.04. The molecule has 5 heteroatoms. The summed E-state index contributed by atoms with van der Waals surface area (Å²) in [5, 5.41) is 2.91. The molecule has 1 fully saturated rings. The van der Waals surface area contributed by atoms with E-state index in [1.165, 1.54) is 12.8 Å². The fourth-order valence-electron chi connectivity index (χ4n) is 2.86. The van der Waals surface area contributed by atoms with Gasteiger partial charge in [-0.1, -0.05) is 19.9 Å². The summed E-state index contributed by atoms with van der Waals surface area (Å²) < 4.78 is 5.95. The van der Waals surface area contributed by atoms with Gasteiger partial charge in [-0.25, -0.2) is 0 Å². The Bertz CT molecular complexity index is 511. The number of hydrogen-bond donors (Lipinski definition) is 2. The van der Waals surface area contributed by atoms with Crippen molar-refractivity contribution in [3.05, 3.63) is 24.3 Å². The Hall–Kier alpha value is -1.59. The molecule has 0 atom stereocenters. The molecule has 0 radical (unpaired) electrons. The number of carbonyl (C=O) groups excluding carboxylic acids is 1. The number of nitrogens with one attached hydrogen (secondary N) is 1. The van der Waals surface area contributed by atoms with Gasteiger partial charge in [0.05, 0.1) is 6.61 Å². The summed E-state index contributed by atoms with van der Waals surface area (Å²) in [7, 11) is 0. The number of carbonyl (C=O) groups is 1. The summed E-state index contributed by atoms with van der Waals surface area (Å²) in [6.45, 7) is 8.67. The van der Waals surface area contributed by atoms with Crippen LogP contribution in [0, 0.1) is 11.8 Å². The number of rotatable bonds is 8. The van der Waals surface area contributed by atoms with Crippen LogP contribution >= 0.6 is 0 Å². The van der Waals surface area contributed by atoms with E-state index < -0.39 is 0 Å². The lowest BCUT2D eigenvalue weighted by atomic mass is 9.97. The van der Waals surface area contributed by atoms with Crippen molar-refractivity contribution in [1.82, 2.24) is 4.90 Å². The highest BCUT2D eigenvalue weighted by Crippen LogP contribution is 2.22. The van der Waals surface area contributed by atoms with Crippen molar-refractivity contribution < 1.29 is 9.53 Å². The number of ether oxygens (including phenoxy) is 1. The largest absolute Gasteiger partial charge is 0.493 e. The Morgan fingerprint density at radius 3 is 2.79 bits per heavy atom. The summed E-state index contributed by atoms with van der Waals surface area (Å²) in [5.74, 6) is 1.42. The number of nitrogens with zero attached hydrogens (tertiary/aromatic N) is 1. The molecule has 3 N–H and O–H groups in total. The molecule has 1 aromatic carbocycles. The summed E-state index contributed by atoms with van der Waals surface area (Å²) in [4.78, 5) is 14.3. The molecule has 134 valence electrons. The van der Waals surface area contributed by atoms with E-state index in [1.807, 2.05) is 38.1 Å². The fourth-order valence-corrected chi connectivity index (χ4v) is 2.86. The zero-order chi connectivity index (χ0) is 17.4. The van der Waals surface area contributed by atoms with E-state index in [4.69, 9.17) is 10.5 Å². The first kappa shape index (κ1) is 18.7. The van der Waals surface area contributed by atoms with Crippen molar-refractivity contribution in [3.8, 4) is 5.75 Å². The van der Waals surface area contributed by atoms with E-state index in [2.05, 4.69) is 10.2 Å². The van der Waals surface area contributed by atoms with Crippen LogP contribution in [0.5, 0.6) is 5.75 Å². The number of nitrogens with two attached hydrogens (primary N) is 1. The van der Waals surface area contributed by atoms with E-state index in [-0.39, 0.29) is 11.8 Å². The van der Waals surface area contributed by atoms with Crippen LogP contribution in [0.2, 0.25) is 0 Å². The average Bonchev–Trinajstić information content (AvgIpc) is 2.59. The van der Waals surface area contributed by atoms with Crippen molar-refractivity contribution in [1.29, 1.82) is 0 Å². The summed E-state index contributed by atoms with van der Waals surface area (Å²) in [6.07, 6.45) is 3.43. The van der Waals surface area contributed by atoms with E-state index >= 15 is 0 Å². The molecule has 0 bridgehead atoms. The van der Waals surface area contributed by atoms with Crippen molar-refractivity contribution in [3.63, 3.8) is 0 Å². The molecule has 1 heterocycles. The maximum atomic E-state index is 11.8. The van der Waals surface area contributed by atoms with Crippen LogP contribution in [-0.4, -0.2) is 43.6 Å². The lowest BCUT2D eigenvalue weighted by molar-refractivity contribution is -0.118. The molecule has 1 aromatic rings. The van der Waals surface area contributed by atoms with Crippen LogP contribution in [0.4, 0.5) is 5.69 Å². The summed E-state index contributed by atoms with van der Waals surface area (Å²) >= 11 is 0. The van der Waals surface area contributed by atoms with Crippen LogP contribution < -0.4 is 15.8 Å². The van der Waals surface area contributed by atoms with Gasteiger partial charge in [-0.15, -0.1) is 0 Å². The van der Waals surface area contributed by atoms with Crippen LogP contribution in [0.15, 0.2) is 24.3 Å². The minimum atomic E-state index is -0.0287. The highest BCUT2D eigenvalue weighted by atomic mass is 16.5. The van der Waals surface area contributed by atoms with E-state index in [1.54, 1.807) is 0 Å². The predicted molar refractivity (Wildman–Crippen MR) is 98.2 cm³/mol. The molecule has 5 nitrogen and oxygen atoms in total. The molecule has 0 aromatic heterocycles. The zero-order valence-electron chi connectivity index (χ0n) is 15.0. The molecule has 24 heavy (non-hydrogen) atoms. The third kappa shape index (κ3) is 6.13. The zero-order valence-corrected chi connectivity index (χ0v) is 15.0. The van der Waals surface area contributed by atoms with Crippen molar-refractivity contribution in [2.45, 2.75) is 33.1 Å². The molecule has 1 saturated heterocycles. The molecule has 0 spiro atoms. The van der Waals surface area contributed by atoms with Crippen molar-refractivity contribution in [2.75, 3.05) is 38.1 Å². The second kappa shape index (κ2) is 9.64. The van der Waals surface area contributed by atoms with E-state index in [0.29, 0.717) is 5.92 Å². The first-order valence-electron chi connectivity index (χ1n) is 9.04. The molecule has 0 saturated carbocycles. The second-order valence-corrected chi connectivity index (χ2v) is 6.91. The minimum absolute atomic E-state index is 0.0250. The highest BCUT2D eigenvalue weighted by Gasteiger charge is 2.19. The van der Waals surface area contributed by atoms with Gasteiger partial charge in [0.2, 0.25) is 5.91 Å². The Kier molecular flexibility index (Phi) is 7.53. The van der Waals surface area contributed by atoms with Gasteiger partial charge in [0.1, 0.15) is 5.75 Å². The quantitative estimate of drug-likeness (QED) is 0.767. The molecule has 1 aliphatic heterocycles. The lowest BCUT2D eigenvalue weighted by Gasteiger charge is -2.31. The van der Waals surface area contributed by atoms with Gasteiger partial charge >= 0.3 is 0 Å². The number of likely N-dealkylation sites (tertiary alicyclic amines) is 1. The van der Waals surface area contributed by atoms with Gasteiger partial charge in [-0.05, 0) is 63.5 Å². The third-order valence-electron chi connectivity index (χ3n) is 4.50. The monoisotopic (exact) mass is 333 g/mol. The predicted octanol–water partition coefficient (Wildman–Crippen LogP) is 2.72. The van der Waals surface area contributed by atoms with Crippen LogP contribution in [-0.2, 0) is 4.79 Å². The lowest BCUT2D eigenvalue weighted by Crippen LogP contribution is -2.36. The van der Waals surface area contributed by atoms with Crippen LogP contribution in [0.3, 0.4) is 0 Å². The average molecular weight is 333 g/mol. The second-order valence-electron chi connectivity index (χ2n) is 6.91. The molecule has 1 amide bonds. The number of piperidine rings is 1. The van der Waals surface area contributed by atoms with Gasteiger partial charge < -0.3 is 20.7 Å². The van der Waals surface area contributed by atoms with Crippen LogP contribution in [0.25, 0.3) is 0 Å². The molecular formula is C19H31N3O2. The van der Waals surface area contributed by atoms with Gasteiger partial charge in [0.15, 0.2) is 0 Å². The maximum absolute atomic E-state index is 11.8. The smallest absolute Gasteiger partial charge is 0.226 e. The Morgan fingerprint density at radius 1 is 1.38 bits per heavy atom. The van der Waals surface area contributed by atoms with Crippen molar-refractivity contribution in [2.24, 2.45) is 17.6 Å². The molecule has 0 aliphatic carbocycles. The number of benzene rings is 1. The Labute approximate surface area is 145 Å². The normalized spacial score (nSPS) is 16.3. The Balaban J connectivity index is 1.75. The number of amides is 1. The standard InChI is InChI=1S/C19H31N3O2/c1-15(2)19(23)21-17-5-3-6-18(13-17)24-14-16-7-11-22(12-8-16)10-4-9-20/h3,5-6,13,15-16H,4,7-12,14,20H2,1-2H3,(H,21,23). The number of hydrogen-bond acceptors (Lipinski definition) is 4. The van der Waals surface area contributed by atoms with Gasteiger partial charge in [0, 0.05) is 17.7 Å². The first-order chi connectivity index (χ1) is 11.6. The third-order valence-corrected chi connectivity index (χ3v) is 4.50. The van der Waals surface area contributed by atoms with Gasteiger partial charge in [0.25, 0.3) is 0 Å². The van der Waals surface area contributed by atoms with Crippen LogP contribution in [0.1, 0.15) is 33.1 Å². The molecule has 2 rings (SSSR count). The molecular weight excluding hydrogens is 302 g/mol. The summed E-state index contributed by atoms with van der Waals surface area (Å²) in [5.41, 5.74) is 6.37. The van der Waals surface area contributed by atoms with Gasteiger partial charge in [-0.3, -0.25) is 4.79 Å².